The predicted molar refractivity (Wildman–Crippen MR) is 102 cm³/mol. The molecule has 0 atom stereocenters. The molecule has 0 saturated carbocycles. The molecular weight excluding hydrogens is 376 g/mol. The molecule has 0 fully saturated rings. The number of nitrogens with zero attached hydrogens (tertiary/aromatic N) is 1. The minimum absolute atomic E-state index is 0.0872. The largest absolute Gasteiger partial charge is 0.454 e. The van der Waals surface area contributed by atoms with E-state index in [4.69, 9.17) is 9.47 Å². The zero-order valence-electron chi connectivity index (χ0n) is 14.3. The number of anilines is 2. The Morgan fingerprint density at radius 3 is 2.69 bits per heavy atom. The summed E-state index contributed by atoms with van der Waals surface area (Å²) >= 11 is 1.55. The average Bonchev–Trinajstić information content (AvgIpc) is 3.06. The lowest BCUT2D eigenvalue weighted by atomic mass is 10.2. The number of rotatable bonds is 6. The van der Waals surface area contributed by atoms with Gasteiger partial charge in [0.1, 0.15) is 6.54 Å². The Labute approximate surface area is 156 Å². The molecule has 0 radical (unpaired) electrons. The number of sulfonamides is 1. The van der Waals surface area contributed by atoms with E-state index in [1.54, 1.807) is 36.0 Å². The molecule has 0 aliphatic carbocycles. The van der Waals surface area contributed by atoms with Crippen molar-refractivity contribution >= 4 is 39.1 Å². The molecule has 0 bridgehead atoms. The molecule has 2 aromatic carbocycles. The van der Waals surface area contributed by atoms with Gasteiger partial charge in [-0.1, -0.05) is 6.07 Å². The summed E-state index contributed by atoms with van der Waals surface area (Å²) in [6, 6.07) is 12.1. The molecular formula is C17H18N2O5S2. The lowest BCUT2D eigenvalue weighted by Crippen LogP contribution is -2.37. The second-order valence-electron chi connectivity index (χ2n) is 5.59. The van der Waals surface area contributed by atoms with E-state index in [1.165, 1.54) is 0 Å². The topological polar surface area (TPSA) is 84.9 Å². The van der Waals surface area contributed by atoms with Gasteiger partial charge < -0.3 is 14.8 Å². The first-order valence-corrected chi connectivity index (χ1v) is 10.8. The summed E-state index contributed by atoms with van der Waals surface area (Å²) < 4.78 is 35.9. The van der Waals surface area contributed by atoms with Gasteiger partial charge >= 0.3 is 0 Å². The van der Waals surface area contributed by atoms with Gasteiger partial charge in [-0.2, -0.15) is 0 Å². The summed E-state index contributed by atoms with van der Waals surface area (Å²) in [5.74, 6) is 0.552. The van der Waals surface area contributed by atoms with Gasteiger partial charge in [-0.25, -0.2) is 8.42 Å². The number of carbonyl (C=O) groups excluding carboxylic acids is 1. The molecule has 0 spiro atoms. The van der Waals surface area contributed by atoms with E-state index in [0.29, 0.717) is 22.9 Å². The lowest BCUT2D eigenvalue weighted by molar-refractivity contribution is -0.114. The molecule has 7 nitrogen and oxygen atoms in total. The number of nitrogens with one attached hydrogen (secondary N) is 1. The van der Waals surface area contributed by atoms with Crippen LogP contribution in [0, 0.1) is 0 Å². The second-order valence-corrected chi connectivity index (χ2v) is 8.37. The number of ether oxygens (including phenoxy) is 2. The third kappa shape index (κ3) is 4.23. The summed E-state index contributed by atoms with van der Waals surface area (Å²) in [4.78, 5) is 13.4. The molecule has 1 amide bonds. The van der Waals surface area contributed by atoms with Crippen molar-refractivity contribution in [2.24, 2.45) is 0 Å². The number of fused-ring (bicyclic) bond motifs is 1. The molecule has 1 aliphatic heterocycles. The molecule has 26 heavy (non-hydrogen) atoms. The van der Waals surface area contributed by atoms with Gasteiger partial charge in [0.15, 0.2) is 11.5 Å². The van der Waals surface area contributed by atoms with E-state index in [9.17, 15) is 13.2 Å². The molecule has 0 saturated heterocycles. The maximum atomic E-state index is 12.4. The predicted octanol–water partition coefficient (Wildman–Crippen LogP) is 2.54. The maximum absolute atomic E-state index is 12.4. The van der Waals surface area contributed by atoms with E-state index < -0.39 is 15.9 Å². The van der Waals surface area contributed by atoms with E-state index >= 15 is 0 Å². The molecule has 0 aromatic heterocycles. The van der Waals surface area contributed by atoms with E-state index in [-0.39, 0.29) is 13.3 Å². The van der Waals surface area contributed by atoms with Gasteiger partial charge in [0.25, 0.3) is 0 Å². The van der Waals surface area contributed by atoms with Crippen LogP contribution in [0.5, 0.6) is 11.5 Å². The standard InChI is InChI=1S/C17H18N2O5S2/c1-25-14-5-3-4-12(8-14)18-17(20)10-19(26(2,21)22)13-6-7-15-16(9-13)24-11-23-15/h3-9H,10-11H2,1-2H3,(H,18,20). The Balaban J connectivity index is 1.79. The molecule has 1 N–H and O–H groups in total. The summed E-state index contributed by atoms with van der Waals surface area (Å²) in [5.41, 5.74) is 0.950. The maximum Gasteiger partial charge on any atom is 0.245 e. The number of benzene rings is 2. The van der Waals surface area contributed by atoms with Crippen LogP contribution in [0.4, 0.5) is 11.4 Å². The average molecular weight is 394 g/mol. The highest BCUT2D eigenvalue weighted by Crippen LogP contribution is 2.36. The van der Waals surface area contributed by atoms with Gasteiger partial charge in [-0.05, 0) is 36.6 Å². The van der Waals surface area contributed by atoms with Crippen LogP contribution in [0.25, 0.3) is 0 Å². The van der Waals surface area contributed by atoms with Gasteiger partial charge in [0.2, 0.25) is 22.7 Å². The third-order valence-electron chi connectivity index (χ3n) is 3.69. The van der Waals surface area contributed by atoms with Gasteiger partial charge in [-0.3, -0.25) is 9.10 Å². The molecule has 138 valence electrons. The van der Waals surface area contributed by atoms with Crippen molar-refractivity contribution in [3.8, 4) is 11.5 Å². The Hall–Kier alpha value is -2.39. The molecule has 9 heteroatoms. The smallest absolute Gasteiger partial charge is 0.245 e. The SMILES string of the molecule is CSc1cccc(NC(=O)CN(c2ccc3c(c2)OCO3)S(C)(=O)=O)c1. The first-order chi connectivity index (χ1) is 12.4. The van der Waals surface area contributed by atoms with Crippen molar-refractivity contribution in [1.82, 2.24) is 0 Å². The summed E-state index contributed by atoms with van der Waals surface area (Å²) in [5, 5.41) is 2.73. The number of amides is 1. The fraction of sp³-hybridized carbons (Fsp3) is 0.235. The monoisotopic (exact) mass is 394 g/mol. The fourth-order valence-corrected chi connectivity index (χ4v) is 3.78. The van der Waals surface area contributed by atoms with Crippen LogP contribution in [0.2, 0.25) is 0 Å². The Bertz CT molecular complexity index is 931. The second kappa shape index (κ2) is 7.46. The van der Waals surface area contributed by atoms with Crippen molar-refractivity contribution in [3.05, 3.63) is 42.5 Å². The van der Waals surface area contributed by atoms with Gasteiger partial charge in [0, 0.05) is 16.6 Å². The molecule has 0 unspecified atom stereocenters. The molecule has 2 aromatic rings. The minimum Gasteiger partial charge on any atom is -0.454 e. The van der Waals surface area contributed by atoms with Gasteiger partial charge in [0.05, 0.1) is 11.9 Å². The third-order valence-corrected chi connectivity index (χ3v) is 5.55. The van der Waals surface area contributed by atoms with Crippen LogP contribution >= 0.6 is 11.8 Å². The van der Waals surface area contributed by atoms with E-state index in [0.717, 1.165) is 15.5 Å². The summed E-state index contributed by atoms with van der Waals surface area (Å²) in [6.45, 7) is -0.258. The first-order valence-electron chi connectivity index (χ1n) is 7.68. The summed E-state index contributed by atoms with van der Waals surface area (Å²) in [6.07, 6.45) is 2.99. The zero-order chi connectivity index (χ0) is 18.7. The quantitative estimate of drug-likeness (QED) is 0.758. The van der Waals surface area contributed by atoms with Crippen molar-refractivity contribution < 1.29 is 22.7 Å². The highest BCUT2D eigenvalue weighted by molar-refractivity contribution is 7.98. The highest BCUT2D eigenvalue weighted by atomic mass is 32.2. The first kappa shape index (κ1) is 18.4. The van der Waals surface area contributed by atoms with Gasteiger partial charge in [-0.15, -0.1) is 11.8 Å². The van der Waals surface area contributed by atoms with Crippen LogP contribution in [0.1, 0.15) is 0 Å². The van der Waals surface area contributed by atoms with E-state index in [2.05, 4.69) is 5.32 Å². The number of carbonyl (C=O) groups is 1. The Morgan fingerprint density at radius 1 is 1.19 bits per heavy atom. The number of hydrogen-bond acceptors (Lipinski definition) is 6. The van der Waals surface area contributed by atoms with Crippen LogP contribution in [-0.2, 0) is 14.8 Å². The molecule has 1 aliphatic rings. The highest BCUT2D eigenvalue weighted by Gasteiger charge is 2.23. The van der Waals surface area contributed by atoms with Crippen molar-refractivity contribution in [3.63, 3.8) is 0 Å². The van der Waals surface area contributed by atoms with E-state index in [1.807, 2.05) is 24.5 Å². The molecule has 3 rings (SSSR count). The minimum atomic E-state index is -3.66. The normalized spacial score (nSPS) is 12.7. The summed E-state index contributed by atoms with van der Waals surface area (Å²) in [7, 11) is -3.66. The number of thioether (sulfide) groups is 1. The Morgan fingerprint density at radius 2 is 1.96 bits per heavy atom. The lowest BCUT2D eigenvalue weighted by Gasteiger charge is -2.22. The van der Waals surface area contributed by atoms with Crippen LogP contribution in [0.15, 0.2) is 47.4 Å². The van der Waals surface area contributed by atoms with Crippen LogP contribution < -0.4 is 19.1 Å². The molecule has 1 heterocycles. The van der Waals surface area contributed by atoms with Crippen molar-refractivity contribution in [1.29, 1.82) is 0 Å². The Kier molecular flexibility index (Phi) is 5.28. The van der Waals surface area contributed by atoms with Crippen LogP contribution in [-0.4, -0.2) is 40.2 Å². The van der Waals surface area contributed by atoms with Crippen molar-refractivity contribution in [2.75, 3.05) is 35.5 Å². The fourth-order valence-electron chi connectivity index (χ4n) is 2.47. The van der Waals surface area contributed by atoms with Crippen molar-refractivity contribution in [2.45, 2.75) is 4.90 Å². The zero-order valence-corrected chi connectivity index (χ0v) is 15.9. The van der Waals surface area contributed by atoms with Crippen LogP contribution in [0.3, 0.4) is 0 Å². The number of hydrogen-bond donors (Lipinski definition) is 1.